The molecule has 0 spiro atoms. The number of allylic oxidation sites excluding steroid dienone is 6. The summed E-state index contributed by atoms with van der Waals surface area (Å²) < 4.78 is 35.6. The van der Waals surface area contributed by atoms with Gasteiger partial charge in [-0.1, -0.05) is 71.1 Å². The van der Waals surface area contributed by atoms with Gasteiger partial charge in [-0.15, -0.1) is 0 Å². The van der Waals surface area contributed by atoms with Gasteiger partial charge in [0, 0.05) is 65.5 Å². The molecule has 0 radical (unpaired) electrons. The van der Waals surface area contributed by atoms with Crippen molar-refractivity contribution in [2.75, 3.05) is 34.9 Å². The molecule has 4 N–H and O–H groups in total. The van der Waals surface area contributed by atoms with Crippen molar-refractivity contribution in [2.24, 2.45) is 35.5 Å². The second kappa shape index (κ2) is 27.2. The topological polar surface area (TPSA) is 217 Å². The average molecular weight is 973 g/mol. The fourth-order valence-electron chi connectivity index (χ4n) is 10.5. The van der Waals surface area contributed by atoms with Gasteiger partial charge in [-0.05, 0) is 107 Å². The van der Waals surface area contributed by atoms with E-state index in [2.05, 4.69) is 5.32 Å². The molecule has 2 bridgehead atoms. The number of aliphatic hydroxyl groups excluding tert-OH is 2. The lowest BCUT2D eigenvalue weighted by Gasteiger charge is -2.47. The molecule has 2 saturated heterocycles. The first-order valence-corrected chi connectivity index (χ1v) is 25.2. The van der Waals surface area contributed by atoms with Gasteiger partial charge in [-0.2, -0.15) is 0 Å². The van der Waals surface area contributed by atoms with Crippen molar-refractivity contribution >= 4 is 29.5 Å². The number of amides is 2. The predicted molar refractivity (Wildman–Crippen MR) is 259 cm³/mol. The minimum atomic E-state index is -2.28. The molecule has 3 aliphatic heterocycles. The summed E-state index contributed by atoms with van der Waals surface area (Å²) in [6.07, 6.45) is 8.25. The maximum absolute atomic E-state index is 14.9. The molecule has 4 rings (SSSR count). The number of piperidine rings is 1. The van der Waals surface area contributed by atoms with Crippen LogP contribution in [0.4, 0.5) is 4.79 Å². The van der Waals surface area contributed by atoms with E-state index in [0.29, 0.717) is 69.8 Å². The molecule has 6 unspecified atom stereocenters. The number of carbonyl (C=O) groups excluding carboxylic acids is 5. The summed E-state index contributed by atoms with van der Waals surface area (Å²) in [5, 5.41) is 36.9. The summed E-state index contributed by atoms with van der Waals surface area (Å²) in [7, 11) is 5.87. The van der Waals surface area contributed by atoms with Gasteiger partial charge in [0.25, 0.3) is 5.91 Å². The molecule has 0 aromatic rings. The van der Waals surface area contributed by atoms with E-state index in [9.17, 15) is 39.3 Å². The van der Waals surface area contributed by atoms with Crippen LogP contribution in [0.3, 0.4) is 0 Å². The van der Waals surface area contributed by atoms with Gasteiger partial charge in [0.15, 0.2) is 5.78 Å². The van der Waals surface area contributed by atoms with Gasteiger partial charge < -0.3 is 54.0 Å². The average Bonchev–Trinajstić information content (AvgIpc) is 3.32. The fourth-order valence-corrected chi connectivity index (χ4v) is 10.5. The van der Waals surface area contributed by atoms with Crippen molar-refractivity contribution in [1.29, 1.82) is 0 Å². The lowest BCUT2D eigenvalue weighted by molar-refractivity contribution is -0.316. The molecule has 3 heterocycles. The number of ether oxygens (including phenoxy) is 6. The number of carbonyl (C=O) groups is 5. The van der Waals surface area contributed by atoms with E-state index in [1.54, 1.807) is 41.1 Å². The number of cyclic esters (lactones) is 1. The zero-order valence-electron chi connectivity index (χ0n) is 43.1. The van der Waals surface area contributed by atoms with E-state index < -0.39 is 90.3 Å². The smallest absolute Gasteiger partial charge is 0.407 e. The maximum Gasteiger partial charge on any atom is 0.407 e. The van der Waals surface area contributed by atoms with Crippen LogP contribution >= 0.6 is 0 Å². The van der Waals surface area contributed by atoms with Gasteiger partial charge >= 0.3 is 12.1 Å². The number of hydrogen-bond acceptors (Lipinski definition) is 14. The third-order valence-corrected chi connectivity index (χ3v) is 15.1. The second-order valence-corrected chi connectivity index (χ2v) is 20.4. The summed E-state index contributed by atoms with van der Waals surface area (Å²) in [4.78, 5) is 71.8. The number of fused-ring (bicyclic) bond motifs is 3. The van der Waals surface area contributed by atoms with Gasteiger partial charge in [0.2, 0.25) is 11.9 Å². The molecule has 69 heavy (non-hydrogen) atoms. The van der Waals surface area contributed by atoms with Crippen LogP contribution in [0.15, 0.2) is 47.6 Å². The third kappa shape index (κ3) is 15.6. The summed E-state index contributed by atoms with van der Waals surface area (Å²) in [6.45, 7) is 12.8. The zero-order valence-corrected chi connectivity index (χ0v) is 43.1. The minimum absolute atomic E-state index is 0.00866. The van der Waals surface area contributed by atoms with E-state index in [1.807, 2.05) is 58.1 Å². The standard InChI is InChI=1S/C53H84N2O14/c1-31-17-13-12-14-18-32(2)43(64-9)29-39-22-20-37(7)53(63,69-39)49(68-52(62)54-8)50(60)55-24-16-15-19-40(55)51(61)67-44(34(4)27-38-21-23-41(56)45(28-38)65-10)30-42(57)33(3)26-36(6)47(59)48(66-11)46(58)35(5)25-31/h12-14,17-18,26,31,33-35,37-41,43-45,47-49,56,59,63H,15-16,19-25,27-30H2,1-11H3,(H,54,62)/b14-12+,17-13+,32-18+,36-26+/t31?,33-,34-,35?,37-,38?,39+,40?,41-,43+,44?,45-,47?,48+,49-,53-/m1/s1. The molecule has 390 valence electrons. The zero-order chi connectivity index (χ0) is 51.2. The first-order valence-electron chi connectivity index (χ1n) is 25.2. The van der Waals surface area contributed by atoms with Crippen molar-refractivity contribution in [3.05, 3.63) is 47.6 Å². The predicted octanol–water partition coefficient (Wildman–Crippen LogP) is 6.34. The van der Waals surface area contributed by atoms with E-state index >= 15 is 0 Å². The van der Waals surface area contributed by atoms with E-state index in [4.69, 9.17) is 28.4 Å². The van der Waals surface area contributed by atoms with E-state index in [1.165, 1.54) is 19.1 Å². The number of ketones is 2. The molecule has 0 aromatic carbocycles. The summed E-state index contributed by atoms with van der Waals surface area (Å²) in [5.41, 5.74) is 1.26. The van der Waals surface area contributed by atoms with Crippen molar-refractivity contribution in [1.82, 2.24) is 10.2 Å². The number of rotatable bonds is 7. The molecule has 4 aliphatic rings. The Morgan fingerprint density at radius 2 is 1.62 bits per heavy atom. The Hall–Kier alpha value is -3.77. The van der Waals surface area contributed by atoms with Crippen LogP contribution in [0.5, 0.6) is 0 Å². The van der Waals surface area contributed by atoms with Crippen molar-refractivity contribution in [3.8, 4) is 0 Å². The Balaban J connectivity index is 1.77. The van der Waals surface area contributed by atoms with Crippen LogP contribution in [0.25, 0.3) is 0 Å². The number of esters is 1. The molecule has 1 aliphatic carbocycles. The molecule has 16 nitrogen and oxygen atoms in total. The quantitative estimate of drug-likeness (QED) is 0.162. The molecule has 0 aromatic heterocycles. The number of alkyl carbamates (subject to hydrolysis) is 1. The number of aliphatic hydroxyl groups is 3. The largest absolute Gasteiger partial charge is 0.460 e. The van der Waals surface area contributed by atoms with Crippen LogP contribution in [-0.2, 0) is 47.6 Å². The Kier molecular flexibility index (Phi) is 22.8. The number of methoxy groups -OCH3 is 3. The van der Waals surface area contributed by atoms with Crippen molar-refractivity contribution in [2.45, 2.75) is 186 Å². The first kappa shape index (κ1) is 57.8. The van der Waals surface area contributed by atoms with Crippen molar-refractivity contribution < 1.29 is 67.7 Å². The van der Waals surface area contributed by atoms with Gasteiger partial charge in [0.05, 0.1) is 24.4 Å². The van der Waals surface area contributed by atoms with E-state index in [0.717, 1.165) is 5.57 Å². The molecule has 3 fully saturated rings. The highest BCUT2D eigenvalue weighted by atomic mass is 16.7. The summed E-state index contributed by atoms with van der Waals surface area (Å²) >= 11 is 0. The number of hydrogen-bond donors (Lipinski definition) is 4. The highest BCUT2D eigenvalue weighted by Gasteiger charge is 2.56. The van der Waals surface area contributed by atoms with Gasteiger partial charge in [0.1, 0.15) is 30.1 Å². The second-order valence-electron chi connectivity index (χ2n) is 20.4. The van der Waals surface area contributed by atoms with Crippen molar-refractivity contribution in [3.63, 3.8) is 0 Å². The summed E-state index contributed by atoms with van der Waals surface area (Å²) in [5.74, 6) is -6.48. The Morgan fingerprint density at radius 3 is 2.29 bits per heavy atom. The highest BCUT2D eigenvalue weighted by Crippen LogP contribution is 2.40. The molecule has 2 amide bonds. The van der Waals surface area contributed by atoms with Gasteiger partial charge in [-0.25, -0.2) is 9.59 Å². The first-order chi connectivity index (χ1) is 32.7. The van der Waals surface area contributed by atoms with Crippen LogP contribution in [0.1, 0.15) is 126 Å². The Bertz CT molecular complexity index is 1850. The Morgan fingerprint density at radius 1 is 0.899 bits per heavy atom. The fraction of sp³-hybridized carbons (Fsp3) is 0.755. The number of nitrogens with zero attached hydrogens (tertiary/aromatic N) is 1. The van der Waals surface area contributed by atoms with Crippen LogP contribution in [-0.4, -0.2) is 145 Å². The van der Waals surface area contributed by atoms with Gasteiger partial charge in [-0.3, -0.25) is 14.4 Å². The molecule has 16 atom stereocenters. The lowest BCUT2D eigenvalue weighted by Crippen LogP contribution is -2.64. The SMILES string of the molecule is CNC(=O)O[C@@H]1C(=O)N2CCCCC2C(=O)OC([C@H](C)CC2CC[C@@H](O)[C@H](OC)C2)CC(=O)[C@H](C)/C=C(\C)C(O)[C@@H](OC)C(=O)C(C)CC(C)/C=C/C=C/C=C(\C)[C@@H](OC)C[C@@H]2CC[C@@H](C)[C@@]1(O)O2. The molecular formula is C53H84N2O14. The molecule has 1 saturated carbocycles. The molecular weight excluding hydrogens is 889 g/mol. The lowest BCUT2D eigenvalue weighted by atomic mass is 9.78. The Labute approximate surface area is 410 Å². The third-order valence-electron chi connectivity index (χ3n) is 15.1. The van der Waals surface area contributed by atoms with Crippen LogP contribution < -0.4 is 5.32 Å². The normalized spacial score (nSPS) is 39.7. The van der Waals surface area contributed by atoms with Crippen LogP contribution in [0, 0.1) is 35.5 Å². The minimum Gasteiger partial charge on any atom is -0.460 e. The molecule has 16 heteroatoms. The number of Topliss-reactive ketones (excluding diaryl/α,β-unsaturated/α-hetero) is 2. The van der Waals surface area contributed by atoms with Crippen LogP contribution in [0.2, 0.25) is 0 Å². The monoisotopic (exact) mass is 973 g/mol. The summed E-state index contributed by atoms with van der Waals surface area (Å²) in [6, 6.07) is -1.14. The maximum atomic E-state index is 14.9. The number of nitrogens with one attached hydrogen (secondary N) is 1. The highest BCUT2D eigenvalue weighted by molar-refractivity contribution is 5.90. The van der Waals surface area contributed by atoms with E-state index in [-0.39, 0.29) is 54.8 Å².